The number of rotatable bonds is 3. The number of aryl methyl sites for hydroxylation is 1. The number of para-hydroxylation sites is 1. The highest BCUT2D eigenvalue weighted by Gasteiger charge is 2.60. The molecule has 0 unspecified atom stereocenters. The standard InChI is InChI=1S/C22H18N2O3S/c1-14-7-5-10-16(13-14)23-21(25)18-19(17-11-6-12-28-17)24(27-20(18)22(23)26)15-8-3-2-4-9-15/h2-13,18-20H,1H3/t18-,19-,20+/m1/s1. The Kier molecular flexibility index (Phi) is 4.03. The lowest BCUT2D eigenvalue weighted by Gasteiger charge is -2.27. The van der Waals surface area contributed by atoms with E-state index in [1.54, 1.807) is 22.5 Å². The van der Waals surface area contributed by atoms with E-state index in [0.717, 1.165) is 16.1 Å². The van der Waals surface area contributed by atoms with Crippen molar-refractivity contribution in [2.75, 3.05) is 9.96 Å². The molecule has 2 aliphatic heterocycles. The van der Waals surface area contributed by atoms with Crippen LogP contribution < -0.4 is 9.96 Å². The molecular weight excluding hydrogens is 372 g/mol. The predicted molar refractivity (Wildman–Crippen MR) is 108 cm³/mol. The summed E-state index contributed by atoms with van der Waals surface area (Å²) in [6.45, 7) is 1.94. The van der Waals surface area contributed by atoms with Crippen LogP contribution in [-0.2, 0) is 14.4 Å². The number of amides is 2. The van der Waals surface area contributed by atoms with E-state index in [-0.39, 0.29) is 17.9 Å². The Morgan fingerprint density at radius 3 is 2.39 bits per heavy atom. The smallest absolute Gasteiger partial charge is 0.266 e. The normalized spacial score (nSPS) is 24.1. The summed E-state index contributed by atoms with van der Waals surface area (Å²) >= 11 is 1.57. The SMILES string of the molecule is Cc1cccc(N2C(=O)[C@H]3[C@H](ON(c4ccccc4)[C@@H]3c3cccs3)C2=O)c1. The van der Waals surface area contributed by atoms with Gasteiger partial charge in [-0.1, -0.05) is 36.4 Å². The van der Waals surface area contributed by atoms with Gasteiger partial charge < -0.3 is 0 Å². The van der Waals surface area contributed by atoms with Crippen molar-refractivity contribution >= 4 is 34.5 Å². The molecule has 0 aliphatic carbocycles. The Morgan fingerprint density at radius 2 is 1.68 bits per heavy atom. The van der Waals surface area contributed by atoms with Crippen LogP contribution in [0.2, 0.25) is 0 Å². The van der Waals surface area contributed by atoms with Crippen LogP contribution in [0.1, 0.15) is 16.5 Å². The first-order valence-electron chi connectivity index (χ1n) is 9.14. The van der Waals surface area contributed by atoms with Gasteiger partial charge in [-0.05, 0) is 48.2 Å². The molecule has 3 aromatic rings. The fourth-order valence-electron chi connectivity index (χ4n) is 3.98. The summed E-state index contributed by atoms with van der Waals surface area (Å²) in [5, 5.41) is 3.70. The summed E-state index contributed by atoms with van der Waals surface area (Å²) in [6.07, 6.45) is -0.819. The first-order valence-corrected chi connectivity index (χ1v) is 10.0. The average molecular weight is 390 g/mol. The Hall–Kier alpha value is -2.96. The van der Waals surface area contributed by atoms with Crippen LogP contribution in [0.25, 0.3) is 0 Å². The maximum Gasteiger partial charge on any atom is 0.266 e. The highest BCUT2D eigenvalue weighted by Crippen LogP contribution is 2.48. The Balaban J connectivity index is 1.57. The van der Waals surface area contributed by atoms with E-state index in [0.29, 0.717) is 5.69 Å². The predicted octanol–water partition coefficient (Wildman–Crippen LogP) is 4.11. The largest absolute Gasteiger partial charge is 0.273 e. The van der Waals surface area contributed by atoms with E-state index in [9.17, 15) is 9.59 Å². The molecule has 2 fully saturated rings. The number of hydrogen-bond acceptors (Lipinski definition) is 5. The highest BCUT2D eigenvalue weighted by atomic mass is 32.1. The molecule has 140 valence electrons. The molecule has 2 aliphatic rings. The maximum atomic E-state index is 13.4. The lowest BCUT2D eigenvalue weighted by molar-refractivity contribution is -0.126. The summed E-state index contributed by atoms with van der Waals surface area (Å²) in [5.74, 6) is -1.09. The van der Waals surface area contributed by atoms with Gasteiger partial charge in [0.2, 0.25) is 5.91 Å². The minimum atomic E-state index is -0.819. The van der Waals surface area contributed by atoms with E-state index >= 15 is 0 Å². The first kappa shape index (κ1) is 17.2. The van der Waals surface area contributed by atoms with Crippen LogP contribution in [0.3, 0.4) is 0 Å². The third-order valence-electron chi connectivity index (χ3n) is 5.22. The number of hydroxylamine groups is 1. The van der Waals surface area contributed by atoms with Crippen molar-refractivity contribution < 1.29 is 14.4 Å². The molecule has 2 amide bonds. The molecule has 0 N–H and O–H groups in total. The van der Waals surface area contributed by atoms with Crippen LogP contribution in [-0.4, -0.2) is 17.9 Å². The average Bonchev–Trinajstić information content (AvgIpc) is 3.40. The molecule has 0 spiro atoms. The maximum absolute atomic E-state index is 13.4. The van der Waals surface area contributed by atoms with Gasteiger partial charge in [0.15, 0.2) is 6.10 Å². The van der Waals surface area contributed by atoms with Gasteiger partial charge in [0, 0.05) is 4.88 Å². The number of carbonyl (C=O) groups excluding carboxylic acids is 2. The lowest BCUT2D eigenvalue weighted by atomic mass is 9.95. The minimum Gasteiger partial charge on any atom is -0.273 e. The van der Waals surface area contributed by atoms with Crippen molar-refractivity contribution in [1.82, 2.24) is 0 Å². The Labute approximate surface area is 166 Å². The first-order chi connectivity index (χ1) is 13.6. The zero-order valence-electron chi connectivity index (χ0n) is 15.2. The van der Waals surface area contributed by atoms with Crippen LogP contribution in [0.15, 0.2) is 72.1 Å². The molecule has 3 heterocycles. The van der Waals surface area contributed by atoms with Gasteiger partial charge in [0.25, 0.3) is 5.91 Å². The quantitative estimate of drug-likeness (QED) is 0.632. The van der Waals surface area contributed by atoms with Crippen molar-refractivity contribution in [3.63, 3.8) is 0 Å². The molecule has 3 atom stereocenters. The van der Waals surface area contributed by atoms with E-state index in [2.05, 4.69) is 0 Å². The number of benzene rings is 2. The van der Waals surface area contributed by atoms with E-state index < -0.39 is 12.0 Å². The van der Waals surface area contributed by atoms with Crippen LogP contribution in [0, 0.1) is 12.8 Å². The second kappa shape index (κ2) is 6.58. The summed E-state index contributed by atoms with van der Waals surface area (Å²) in [6, 6.07) is 20.7. The van der Waals surface area contributed by atoms with Crippen LogP contribution in [0.5, 0.6) is 0 Å². The summed E-state index contributed by atoms with van der Waals surface area (Å²) in [7, 11) is 0. The zero-order valence-corrected chi connectivity index (χ0v) is 16.0. The number of carbonyl (C=O) groups is 2. The van der Waals surface area contributed by atoms with E-state index in [1.165, 1.54) is 4.90 Å². The van der Waals surface area contributed by atoms with Crippen LogP contribution >= 0.6 is 11.3 Å². The molecule has 1 aromatic heterocycles. The molecule has 0 bridgehead atoms. The fourth-order valence-corrected chi connectivity index (χ4v) is 4.84. The highest BCUT2D eigenvalue weighted by molar-refractivity contribution is 7.10. The lowest BCUT2D eigenvalue weighted by Crippen LogP contribution is -2.37. The number of anilines is 2. The Bertz CT molecular complexity index is 1030. The molecule has 0 saturated carbocycles. The fraction of sp³-hybridized carbons (Fsp3) is 0.182. The van der Waals surface area contributed by atoms with Crippen molar-refractivity contribution in [2.45, 2.75) is 19.1 Å². The van der Waals surface area contributed by atoms with Gasteiger partial charge in [-0.25, -0.2) is 9.96 Å². The van der Waals surface area contributed by atoms with Crippen molar-refractivity contribution in [2.24, 2.45) is 5.92 Å². The second-order valence-electron chi connectivity index (χ2n) is 7.02. The molecular formula is C22H18N2O3S. The van der Waals surface area contributed by atoms with E-state index in [4.69, 9.17) is 4.84 Å². The summed E-state index contributed by atoms with van der Waals surface area (Å²) < 4.78 is 0. The minimum absolute atomic E-state index is 0.211. The van der Waals surface area contributed by atoms with Crippen molar-refractivity contribution in [3.05, 3.63) is 82.6 Å². The molecule has 28 heavy (non-hydrogen) atoms. The number of thiophene rings is 1. The third kappa shape index (κ3) is 2.57. The molecule has 2 aromatic carbocycles. The van der Waals surface area contributed by atoms with Gasteiger partial charge in [-0.3, -0.25) is 14.4 Å². The van der Waals surface area contributed by atoms with Crippen LogP contribution in [0.4, 0.5) is 11.4 Å². The van der Waals surface area contributed by atoms with Gasteiger partial charge >= 0.3 is 0 Å². The number of fused-ring (bicyclic) bond motifs is 1. The molecule has 2 saturated heterocycles. The number of hydrogen-bond donors (Lipinski definition) is 0. The van der Waals surface area contributed by atoms with Gasteiger partial charge in [0.05, 0.1) is 11.4 Å². The van der Waals surface area contributed by atoms with Crippen molar-refractivity contribution in [1.29, 1.82) is 0 Å². The molecule has 5 nitrogen and oxygen atoms in total. The molecule has 0 radical (unpaired) electrons. The Morgan fingerprint density at radius 1 is 0.893 bits per heavy atom. The van der Waals surface area contributed by atoms with Gasteiger partial charge in [-0.2, -0.15) is 0 Å². The van der Waals surface area contributed by atoms with Gasteiger partial charge in [-0.15, -0.1) is 11.3 Å². The number of nitrogens with zero attached hydrogens (tertiary/aromatic N) is 2. The van der Waals surface area contributed by atoms with Gasteiger partial charge in [0.1, 0.15) is 12.0 Å². The van der Waals surface area contributed by atoms with Crippen molar-refractivity contribution in [3.8, 4) is 0 Å². The summed E-state index contributed by atoms with van der Waals surface area (Å²) in [5.41, 5.74) is 2.43. The third-order valence-corrected chi connectivity index (χ3v) is 6.16. The topological polar surface area (TPSA) is 49.9 Å². The monoisotopic (exact) mass is 390 g/mol. The molecule has 5 rings (SSSR count). The summed E-state index contributed by atoms with van der Waals surface area (Å²) in [4.78, 5) is 34.9. The van der Waals surface area contributed by atoms with E-state index in [1.807, 2.05) is 73.0 Å². The second-order valence-corrected chi connectivity index (χ2v) is 8.00. The number of imide groups is 1. The molecule has 6 heteroatoms. The zero-order chi connectivity index (χ0) is 19.3.